The average Bonchev–Trinajstić information content (AvgIpc) is 1.65. The van der Waals surface area contributed by atoms with Crippen LogP contribution in [0.1, 0.15) is 196 Å². The number of unbranched alkanes of at least 4 members (excludes halogenated alkanes) is 12. The van der Waals surface area contributed by atoms with Crippen LogP contribution in [0.5, 0.6) is 0 Å². The Labute approximate surface area is 526 Å². The van der Waals surface area contributed by atoms with E-state index in [2.05, 4.69) is 209 Å². The number of aryl methyl sites for hydroxylation is 4. The van der Waals surface area contributed by atoms with Gasteiger partial charge in [-0.05, 0) is 170 Å². The van der Waals surface area contributed by atoms with Gasteiger partial charge in [-0.15, -0.1) is 22.7 Å². The Kier molecular flexibility index (Phi) is 21.0. The van der Waals surface area contributed by atoms with Crippen LogP contribution in [-0.4, -0.2) is 17.5 Å². The van der Waals surface area contributed by atoms with Crippen molar-refractivity contribution in [2.24, 2.45) is 0 Å². The van der Waals surface area contributed by atoms with Crippen molar-refractivity contribution in [3.05, 3.63) is 199 Å². The first-order chi connectivity index (χ1) is 42.5. The zero-order valence-corrected chi connectivity index (χ0v) is 53.5. The van der Waals surface area contributed by atoms with Crippen LogP contribution in [-0.2, 0) is 25.7 Å². The van der Waals surface area contributed by atoms with E-state index in [0.29, 0.717) is 0 Å². The molecule has 4 aromatic heterocycles. The SMILES string of the molecule is CCCCCCc1ccc(C#Cc2ccc3c(C#Cc4ccc(-c5ccc(CCCCCC)s5)c5nsnc45)c4cc(C#Cc5ccc(CCCCCC)cc5)ccc4c(C#Cc4ccc(-c5ccc(CCCCCC)s5)c5nsnc45)c3c2)cc1. The van der Waals surface area contributed by atoms with Gasteiger partial charge in [0.25, 0.3) is 0 Å². The number of hydrogen-bond donors (Lipinski definition) is 0. The van der Waals surface area contributed by atoms with Crippen LogP contribution >= 0.6 is 46.1 Å². The highest BCUT2D eigenvalue weighted by Crippen LogP contribution is 2.38. The molecule has 0 saturated carbocycles. The van der Waals surface area contributed by atoms with Crippen LogP contribution < -0.4 is 0 Å². The first-order valence-corrected chi connectivity index (χ1v) is 34.5. The predicted octanol–water partition coefficient (Wildman–Crippen LogP) is 21.5. The zero-order valence-electron chi connectivity index (χ0n) is 50.3. The van der Waals surface area contributed by atoms with E-state index < -0.39 is 0 Å². The third-order valence-electron chi connectivity index (χ3n) is 16.2. The number of thiophene rings is 2. The monoisotopic (exact) mass is 1190 g/mol. The van der Waals surface area contributed by atoms with Crippen LogP contribution in [0.25, 0.3) is 64.5 Å². The van der Waals surface area contributed by atoms with Crippen molar-refractivity contribution in [3.8, 4) is 68.2 Å². The fraction of sp³-hybridized carbons (Fsp3) is 0.308. The lowest BCUT2D eigenvalue weighted by Crippen LogP contribution is -1.93. The molecule has 7 aromatic carbocycles. The van der Waals surface area contributed by atoms with Crippen LogP contribution in [0.15, 0.2) is 133 Å². The van der Waals surface area contributed by atoms with Crippen LogP contribution in [0.2, 0.25) is 0 Å². The Morgan fingerprint density at radius 3 is 1.08 bits per heavy atom. The highest BCUT2D eigenvalue weighted by molar-refractivity contribution is 7.16. The smallest absolute Gasteiger partial charge is 0.121 e. The van der Waals surface area contributed by atoms with Crippen molar-refractivity contribution < 1.29 is 0 Å². The maximum atomic E-state index is 4.89. The van der Waals surface area contributed by atoms with Gasteiger partial charge in [-0.1, -0.05) is 189 Å². The van der Waals surface area contributed by atoms with Gasteiger partial charge in [0.15, 0.2) is 0 Å². The lowest BCUT2D eigenvalue weighted by atomic mass is 9.89. The first-order valence-electron chi connectivity index (χ1n) is 31.4. The molecule has 0 atom stereocenters. The molecule has 0 amide bonds. The summed E-state index contributed by atoms with van der Waals surface area (Å²) in [5, 5.41) is 3.93. The number of hydrogen-bond acceptors (Lipinski definition) is 8. The van der Waals surface area contributed by atoms with Crippen LogP contribution in [0, 0.1) is 47.4 Å². The standard InChI is InChI=1S/C78H74N4S4/c1-5-9-13-17-21-55-25-29-57(30-26-55)33-35-59-37-45-65-68(48-40-62-42-50-70(78-76(62)80-86-82-78)74-52-44-64(84-74)24-20-16-12-8-4)72-54-60(36-34-58-31-27-56(28-32-58)22-18-14-10-6-2)38-46-66(72)67(71(65)53-59)47-39-61-41-49-69(77-75(61)79-85-81-77)73-51-43-63(83-73)23-19-15-11-7-3/h25-32,37-38,41-46,49-54H,5-24H2,1-4H3. The van der Waals surface area contributed by atoms with Gasteiger partial charge in [0.05, 0.1) is 34.6 Å². The molecule has 0 N–H and O–H groups in total. The number of rotatable bonds is 22. The predicted molar refractivity (Wildman–Crippen MR) is 371 cm³/mol. The fourth-order valence-electron chi connectivity index (χ4n) is 11.3. The molecular weight excluding hydrogens is 1120 g/mol. The maximum absolute atomic E-state index is 4.89. The van der Waals surface area contributed by atoms with E-state index >= 15 is 0 Å². The van der Waals surface area contributed by atoms with Gasteiger partial charge >= 0.3 is 0 Å². The van der Waals surface area contributed by atoms with Crippen LogP contribution in [0.3, 0.4) is 0 Å². The number of aromatic nitrogens is 4. The minimum Gasteiger partial charge on any atom is -0.172 e. The molecule has 0 radical (unpaired) electrons. The molecule has 8 heteroatoms. The normalized spacial score (nSPS) is 11.1. The second-order valence-electron chi connectivity index (χ2n) is 22.7. The molecule has 11 aromatic rings. The summed E-state index contributed by atoms with van der Waals surface area (Å²) in [5.74, 6) is 29.0. The van der Waals surface area contributed by atoms with Gasteiger partial charge in [0, 0.05) is 74.8 Å². The lowest BCUT2D eigenvalue weighted by Gasteiger charge is -2.12. The molecule has 4 nitrogen and oxygen atoms in total. The van der Waals surface area contributed by atoms with E-state index in [0.717, 1.165) is 125 Å². The Balaban J connectivity index is 1.03. The van der Waals surface area contributed by atoms with Crippen molar-refractivity contribution in [2.45, 2.75) is 156 Å². The molecule has 0 fully saturated rings. The second-order valence-corrected chi connectivity index (χ2v) is 26.1. The molecule has 0 saturated heterocycles. The molecule has 0 aliphatic carbocycles. The van der Waals surface area contributed by atoms with E-state index in [1.165, 1.54) is 157 Å². The van der Waals surface area contributed by atoms with Crippen molar-refractivity contribution in [1.29, 1.82) is 0 Å². The number of benzene rings is 7. The van der Waals surface area contributed by atoms with Gasteiger partial charge in [0.2, 0.25) is 0 Å². The van der Waals surface area contributed by atoms with E-state index in [1.54, 1.807) is 0 Å². The van der Waals surface area contributed by atoms with E-state index in [9.17, 15) is 0 Å². The topological polar surface area (TPSA) is 51.6 Å². The minimum atomic E-state index is 0.824. The zero-order chi connectivity index (χ0) is 58.9. The summed E-state index contributed by atoms with van der Waals surface area (Å²) in [7, 11) is 0. The summed E-state index contributed by atoms with van der Waals surface area (Å²) in [6, 6.07) is 48.3. The Morgan fingerprint density at radius 1 is 0.302 bits per heavy atom. The fourth-order valence-corrected chi connectivity index (χ4v) is 14.6. The summed E-state index contributed by atoms with van der Waals surface area (Å²) < 4.78 is 19.6. The van der Waals surface area contributed by atoms with Crippen molar-refractivity contribution in [1.82, 2.24) is 17.5 Å². The number of fused-ring (bicyclic) bond motifs is 4. The molecular formula is C78H74N4S4. The molecule has 430 valence electrons. The Bertz CT molecular complexity index is 4100. The molecule has 4 heterocycles. The largest absolute Gasteiger partial charge is 0.172 e. The summed E-state index contributed by atoms with van der Waals surface area (Å²) in [6.07, 6.45) is 24.4. The summed E-state index contributed by atoms with van der Waals surface area (Å²) in [4.78, 5) is 5.26. The Morgan fingerprint density at radius 2 is 0.674 bits per heavy atom. The molecule has 0 aliphatic rings. The first kappa shape index (κ1) is 60.0. The molecule has 11 rings (SSSR count). The average molecular weight is 1200 g/mol. The Hall–Kier alpha value is -7.66. The molecule has 0 bridgehead atoms. The third kappa shape index (κ3) is 14.9. The second kappa shape index (κ2) is 30.1. The van der Waals surface area contributed by atoms with E-state index in [1.807, 2.05) is 22.7 Å². The highest BCUT2D eigenvalue weighted by Gasteiger charge is 2.18. The van der Waals surface area contributed by atoms with Gasteiger partial charge in [-0.2, -0.15) is 17.5 Å². The van der Waals surface area contributed by atoms with E-state index in [4.69, 9.17) is 17.5 Å². The van der Waals surface area contributed by atoms with Gasteiger partial charge in [0.1, 0.15) is 22.1 Å². The van der Waals surface area contributed by atoms with E-state index in [-0.39, 0.29) is 0 Å². The lowest BCUT2D eigenvalue weighted by molar-refractivity contribution is 0.667. The summed E-state index contributed by atoms with van der Waals surface area (Å²) in [5.41, 5.74) is 15.6. The van der Waals surface area contributed by atoms with Gasteiger partial charge in [-0.25, -0.2) is 0 Å². The maximum Gasteiger partial charge on any atom is 0.121 e. The van der Waals surface area contributed by atoms with Gasteiger partial charge in [-0.3, -0.25) is 0 Å². The number of nitrogens with zero attached hydrogens (tertiary/aromatic N) is 4. The molecule has 86 heavy (non-hydrogen) atoms. The van der Waals surface area contributed by atoms with Crippen molar-refractivity contribution in [3.63, 3.8) is 0 Å². The minimum absolute atomic E-state index is 0.824. The molecule has 0 unspecified atom stereocenters. The molecule has 0 spiro atoms. The van der Waals surface area contributed by atoms with Crippen molar-refractivity contribution in [2.75, 3.05) is 0 Å². The molecule has 0 aliphatic heterocycles. The van der Waals surface area contributed by atoms with Crippen molar-refractivity contribution >= 4 is 89.7 Å². The quantitative estimate of drug-likeness (QED) is 0.0385. The van der Waals surface area contributed by atoms with Gasteiger partial charge < -0.3 is 0 Å². The summed E-state index contributed by atoms with van der Waals surface area (Å²) in [6.45, 7) is 9.06. The van der Waals surface area contributed by atoms with Crippen LogP contribution in [0.4, 0.5) is 0 Å². The highest BCUT2D eigenvalue weighted by atomic mass is 32.1. The third-order valence-corrected chi connectivity index (χ3v) is 19.7. The summed E-state index contributed by atoms with van der Waals surface area (Å²) >= 11 is 6.23.